The minimum atomic E-state index is -1.10. The molecular weight excluding hydrogens is 498 g/mol. The maximum absolute atomic E-state index is 13.7. The van der Waals surface area contributed by atoms with Gasteiger partial charge in [0.2, 0.25) is 5.76 Å². The van der Waals surface area contributed by atoms with Gasteiger partial charge in [0.05, 0.1) is 22.8 Å². The van der Waals surface area contributed by atoms with Crippen molar-refractivity contribution in [2.75, 3.05) is 4.90 Å². The van der Waals surface area contributed by atoms with Gasteiger partial charge in [0.25, 0.3) is 5.91 Å². The number of carbonyl (C=O) groups is 2. The number of rotatable bonds is 6. The highest BCUT2D eigenvalue weighted by atomic mass is 32.2. The summed E-state index contributed by atoms with van der Waals surface area (Å²) in [4.78, 5) is 31.9. The Bertz CT molecular complexity index is 1720. The van der Waals surface area contributed by atoms with Crippen LogP contribution in [0.15, 0.2) is 118 Å². The molecule has 0 unspecified atom stereocenters. The Morgan fingerprint density at radius 3 is 2.37 bits per heavy atom. The minimum absolute atomic E-state index is 0.0991. The zero-order valence-corrected chi connectivity index (χ0v) is 20.8. The lowest BCUT2D eigenvalue weighted by Gasteiger charge is -2.15. The number of amides is 1. The molecule has 8 heteroatoms. The number of carboxylic acids is 1. The van der Waals surface area contributed by atoms with Gasteiger partial charge in [0.1, 0.15) is 5.76 Å². The van der Waals surface area contributed by atoms with Crippen LogP contribution in [0, 0.1) is 0 Å². The Labute approximate surface area is 222 Å². The number of fused-ring (bicyclic) bond motifs is 1. The summed E-state index contributed by atoms with van der Waals surface area (Å²) in [5.41, 5.74) is 3.33. The quantitative estimate of drug-likeness (QED) is 0.250. The van der Waals surface area contributed by atoms with Gasteiger partial charge in [-0.15, -0.1) is 0 Å². The van der Waals surface area contributed by atoms with E-state index in [0.29, 0.717) is 22.4 Å². The van der Waals surface area contributed by atoms with Crippen molar-refractivity contribution in [1.82, 2.24) is 4.57 Å². The van der Waals surface area contributed by atoms with Crippen molar-refractivity contribution >= 4 is 57.2 Å². The second-order valence-corrected chi connectivity index (χ2v) is 9.63. The first-order valence-electron chi connectivity index (χ1n) is 11.9. The van der Waals surface area contributed by atoms with Crippen molar-refractivity contribution < 1.29 is 19.1 Å². The summed E-state index contributed by atoms with van der Waals surface area (Å²) < 4.78 is 7.47. The average molecular weight is 520 g/mol. The van der Waals surface area contributed by atoms with Crippen molar-refractivity contribution in [2.45, 2.75) is 6.54 Å². The summed E-state index contributed by atoms with van der Waals surface area (Å²) in [5, 5.41) is 10.7. The highest BCUT2D eigenvalue weighted by Crippen LogP contribution is 2.38. The molecule has 5 aromatic rings. The standard InChI is InChI=1S/C30H21N3O4S/c34-28-27(38-30(31-21-9-3-1-4-10-21)33(28)22-11-5-2-6-12-22)17-20-18-32(25-14-8-7-13-24(20)25)19-23-15-16-26(37-23)29(35)36/h1-18H,19H2,(H,35,36)/b27-17-,31-30?. The molecule has 38 heavy (non-hydrogen) atoms. The summed E-state index contributed by atoms with van der Waals surface area (Å²) in [6.07, 6.45) is 3.84. The fourth-order valence-electron chi connectivity index (χ4n) is 4.37. The molecule has 0 radical (unpaired) electrons. The van der Waals surface area contributed by atoms with E-state index in [-0.39, 0.29) is 11.7 Å². The largest absolute Gasteiger partial charge is 0.475 e. The van der Waals surface area contributed by atoms with Crippen LogP contribution in [-0.2, 0) is 11.3 Å². The van der Waals surface area contributed by atoms with E-state index in [1.54, 1.807) is 11.0 Å². The van der Waals surface area contributed by atoms with Crippen molar-refractivity contribution in [3.05, 3.63) is 125 Å². The van der Waals surface area contributed by atoms with Gasteiger partial charge in [-0.2, -0.15) is 0 Å². The molecule has 1 aliphatic heterocycles. The number of aromatic carboxylic acids is 1. The van der Waals surface area contributed by atoms with Crippen LogP contribution in [0.1, 0.15) is 21.9 Å². The van der Waals surface area contributed by atoms with Crippen LogP contribution in [0.25, 0.3) is 17.0 Å². The smallest absolute Gasteiger partial charge is 0.371 e. The zero-order valence-electron chi connectivity index (χ0n) is 20.0. The maximum Gasteiger partial charge on any atom is 0.371 e. The summed E-state index contributed by atoms with van der Waals surface area (Å²) in [6, 6.07) is 30.0. The molecule has 1 amide bonds. The summed E-state index contributed by atoms with van der Waals surface area (Å²) in [7, 11) is 0. The first-order chi connectivity index (χ1) is 18.6. The van der Waals surface area contributed by atoms with E-state index in [1.165, 1.54) is 17.8 Å². The van der Waals surface area contributed by atoms with E-state index in [0.717, 1.165) is 27.8 Å². The van der Waals surface area contributed by atoms with E-state index < -0.39 is 5.97 Å². The maximum atomic E-state index is 13.7. The van der Waals surface area contributed by atoms with Gasteiger partial charge in [-0.05, 0) is 60.3 Å². The third kappa shape index (κ3) is 4.53. The van der Waals surface area contributed by atoms with Crippen LogP contribution in [0.4, 0.5) is 11.4 Å². The Balaban J connectivity index is 1.40. The first-order valence-corrected chi connectivity index (χ1v) is 12.7. The fraction of sp³-hybridized carbons (Fsp3) is 0.0333. The minimum Gasteiger partial charge on any atom is -0.475 e. The molecule has 0 bridgehead atoms. The average Bonchev–Trinajstić information content (AvgIpc) is 3.63. The van der Waals surface area contributed by atoms with E-state index in [1.807, 2.05) is 102 Å². The fourth-order valence-corrected chi connectivity index (χ4v) is 5.37. The van der Waals surface area contributed by atoms with Crippen molar-refractivity contribution in [3.63, 3.8) is 0 Å². The van der Waals surface area contributed by atoms with Crippen LogP contribution in [-0.4, -0.2) is 26.7 Å². The second-order valence-electron chi connectivity index (χ2n) is 8.62. The molecule has 1 fully saturated rings. The van der Waals surface area contributed by atoms with Crippen LogP contribution >= 0.6 is 11.8 Å². The summed E-state index contributed by atoms with van der Waals surface area (Å²) in [6.45, 7) is 0.356. The van der Waals surface area contributed by atoms with E-state index >= 15 is 0 Å². The summed E-state index contributed by atoms with van der Waals surface area (Å²) >= 11 is 1.33. The predicted molar refractivity (Wildman–Crippen MR) is 150 cm³/mol. The van der Waals surface area contributed by atoms with Crippen molar-refractivity contribution in [2.24, 2.45) is 4.99 Å². The van der Waals surface area contributed by atoms with Crippen LogP contribution in [0.2, 0.25) is 0 Å². The Hall–Kier alpha value is -4.82. The van der Waals surface area contributed by atoms with E-state index in [9.17, 15) is 14.7 Å². The lowest BCUT2D eigenvalue weighted by atomic mass is 10.1. The number of aliphatic imine (C=N–C) groups is 1. The SMILES string of the molecule is O=C(O)c1ccc(Cn2cc(/C=C3\SC(=Nc4ccccc4)N(c4ccccc4)C3=O)c3ccccc32)o1. The molecule has 0 aliphatic carbocycles. The summed E-state index contributed by atoms with van der Waals surface area (Å²) in [5.74, 6) is -0.823. The van der Waals surface area contributed by atoms with Crippen LogP contribution in [0.3, 0.4) is 0 Å². The number of nitrogens with zero attached hydrogens (tertiary/aromatic N) is 3. The number of para-hydroxylation sites is 3. The molecule has 3 heterocycles. The normalized spacial score (nSPS) is 15.7. The third-order valence-electron chi connectivity index (χ3n) is 6.11. The lowest BCUT2D eigenvalue weighted by Crippen LogP contribution is -2.28. The Kier molecular flexibility index (Phi) is 6.15. The van der Waals surface area contributed by atoms with Gasteiger partial charge >= 0.3 is 5.97 Å². The Morgan fingerprint density at radius 2 is 1.63 bits per heavy atom. The van der Waals surface area contributed by atoms with Crippen LogP contribution < -0.4 is 4.90 Å². The van der Waals surface area contributed by atoms with Crippen molar-refractivity contribution in [1.29, 1.82) is 0 Å². The third-order valence-corrected chi connectivity index (χ3v) is 7.08. The van der Waals surface area contributed by atoms with Gasteiger partial charge in [-0.3, -0.25) is 9.69 Å². The van der Waals surface area contributed by atoms with Gasteiger partial charge in [0.15, 0.2) is 5.17 Å². The highest BCUT2D eigenvalue weighted by Gasteiger charge is 2.35. The molecule has 2 aromatic heterocycles. The molecule has 1 N–H and O–H groups in total. The van der Waals surface area contributed by atoms with Crippen molar-refractivity contribution in [3.8, 4) is 0 Å². The second kappa shape index (κ2) is 9.91. The molecule has 0 saturated carbocycles. The Morgan fingerprint density at radius 1 is 0.921 bits per heavy atom. The number of anilines is 1. The molecule has 1 saturated heterocycles. The number of carboxylic acid groups (broad SMARTS) is 1. The number of carbonyl (C=O) groups excluding carboxylic acids is 1. The lowest BCUT2D eigenvalue weighted by molar-refractivity contribution is -0.113. The molecule has 0 atom stereocenters. The number of thioether (sulfide) groups is 1. The molecule has 0 spiro atoms. The van der Waals surface area contributed by atoms with Gasteiger partial charge in [0, 0.05) is 22.7 Å². The molecule has 186 valence electrons. The monoisotopic (exact) mass is 519 g/mol. The topological polar surface area (TPSA) is 88.0 Å². The van der Waals surface area contributed by atoms with Gasteiger partial charge in [-0.25, -0.2) is 9.79 Å². The number of furan rings is 1. The molecule has 6 rings (SSSR count). The van der Waals surface area contributed by atoms with E-state index in [4.69, 9.17) is 9.41 Å². The van der Waals surface area contributed by atoms with Gasteiger partial charge < -0.3 is 14.1 Å². The number of hydrogen-bond donors (Lipinski definition) is 1. The molecule has 7 nitrogen and oxygen atoms in total. The molecular formula is C30H21N3O4S. The first kappa shape index (κ1) is 23.6. The van der Waals surface area contributed by atoms with Crippen LogP contribution in [0.5, 0.6) is 0 Å². The zero-order chi connectivity index (χ0) is 26.1. The number of aromatic nitrogens is 1. The predicted octanol–water partition coefficient (Wildman–Crippen LogP) is 6.79. The van der Waals surface area contributed by atoms with Gasteiger partial charge in [-0.1, -0.05) is 54.6 Å². The highest BCUT2D eigenvalue weighted by molar-refractivity contribution is 8.19. The number of benzene rings is 3. The number of hydrogen-bond acceptors (Lipinski definition) is 5. The molecule has 3 aromatic carbocycles. The van der Waals surface area contributed by atoms with E-state index in [2.05, 4.69) is 0 Å². The number of amidine groups is 1. The molecule has 1 aliphatic rings.